The van der Waals surface area contributed by atoms with Gasteiger partial charge in [-0.05, 0) is 36.8 Å². The summed E-state index contributed by atoms with van der Waals surface area (Å²) in [6, 6.07) is 20.6. The number of carbonyl (C=O) groups excluding carboxylic acids is 2. The van der Waals surface area contributed by atoms with E-state index in [2.05, 4.69) is 24.3 Å². The number of hydrogen-bond acceptors (Lipinski definition) is 2. The normalized spacial score (nSPS) is 28.8. The molecule has 0 saturated heterocycles. The van der Waals surface area contributed by atoms with Crippen LogP contribution in [-0.4, -0.2) is 11.6 Å². The van der Waals surface area contributed by atoms with Crippen LogP contribution in [0.4, 0.5) is 0 Å². The minimum absolute atomic E-state index is 0.283. The zero-order chi connectivity index (χ0) is 20.9. The molecule has 2 heteroatoms. The second-order valence-corrected chi connectivity index (χ2v) is 9.22. The van der Waals surface area contributed by atoms with Crippen LogP contribution < -0.4 is 0 Å². The lowest BCUT2D eigenvalue weighted by molar-refractivity contribution is -0.139. The van der Waals surface area contributed by atoms with Crippen molar-refractivity contribution in [3.63, 3.8) is 0 Å². The molecule has 30 heavy (non-hydrogen) atoms. The van der Waals surface area contributed by atoms with Gasteiger partial charge in [-0.15, -0.1) is 0 Å². The standard InChI is InChI=1S/C28H34O2/c29-25-19-11-1-3-13-21-27(25,23-15-7-5-8-16-23)28(24-17-9-6-10-18-24)22-14-4-2-12-20-26(28)30/h5-10,15-18H,1-4,11-14,19-22H2. The molecular formula is C28H34O2. The predicted molar refractivity (Wildman–Crippen MR) is 122 cm³/mol. The molecule has 2 aliphatic carbocycles. The van der Waals surface area contributed by atoms with Gasteiger partial charge < -0.3 is 0 Å². The maximum Gasteiger partial charge on any atom is 0.144 e. The van der Waals surface area contributed by atoms with E-state index in [4.69, 9.17) is 0 Å². The van der Waals surface area contributed by atoms with Gasteiger partial charge in [0.15, 0.2) is 0 Å². The van der Waals surface area contributed by atoms with Gasteiger partial charge in [0.2, 0.25) is 0 Å². The molecule has 2 aliphatic rings. The van der Waals surface area contributed by atoms with Crippen molar-refractivity contribution in [2.24, 2.45) is 0 Å². The molecule has 0 bridgehead atoms. The van der Waals surface area contributed by atoms with E-state index in [0.29, 0.717) is 12.8 Å². The molecule has 2 saturated carbocycles. The topological polar surface area (TPSA) is 34.1 Å². The quantitative estimate of drug-likeness (QED) is 0.572. The van der Waals surface area contributed by atoms with Crippen molar-refractivity contribution in [1.29, 1.82) is 0 Å². The average Bonchev–Trinajstić information content (AvgIpc) is 2.77. The van der Waals surface area contributed by atoms with Crippen LogP contribution in [0.2, 0.25) is 0 Å². The minimum atomic E-state index is -0.759. The lowest BCUT2D eigenvalue weighted by Crippen LogP contribution is -2.59. The first-order chi connectivity index (χ1) is 14.7. The third kappa shape index (κ3) is 3.55. The second-order valence-electron chi connectivity index (χ2n) is 9.22. The van der Waals surface area contributed by atoms with Crippen molar-refractivity contribution in [1.82, 2.24) is 0 Å². The number of carbonyl (C=O) groups is 2. The summed E-state index contributed by atoms with van der Waals surface area (Å²) >= 11 is 0. The molecule has 0 spiro atoms. The van der Waals surface area contributed by atoms with Crippen LogP contribution in [0.1, 0.15) is 88.2 Å². The van der Waals surface area contributed by atoms with Crippen molar-refractivity contribution in [2.45, 2.75) is 87.9 Å². The van der Waals surface area contributed by atoms with E-state index in [1.807, 2.05) is 36.4 Å². The fourth-order valence-electron chi connectivity index (χ4n) is 6.22. The maximum atomic E-state index is 14.2. The molecule has 2 unspecified atom stereocenters. The molecule has 2 atom stereocenters. The van der Waals surface area contributed by atoms with Crippen LogP contribution in [0, 0.1) is 0 Å². The summed E-state index contributed by atoms with van der Waals surface area (Å²) in [6.45, 7) is 0. The Morgan fingerprint density at radius 3 is 1.23 bits per heavy atom. The van der Waals surface area contributed by atoms with Crippen LogP contribution in [0.3, 0.4) is 0 Å². The van der Waals surface area contributed by atoms with Crippen molar-refractivity contribution in [3.8, 4) is 0 Å². The van der Waals surface area contributed by atoms with E-state index in [9.17, 15) is 9.59 Å². The SMILES string of the molecule is O=C1CCCCCCC1(c1ccccc1)C1(c2ccccc2)CCCCCCC1=O. The van der Waals surface area contributed by atoms with Gasteiger partial charge in [-0.1, -0.05) is 99.2 Å². The molecule has 0 aromatic heterocycles. The Hall–Kier alpha value is -2.22. The maximum absolute atomic E-state index is 14.2. The highest BCUT2D eigenvalue weighted by Gasteiger charge is 2.60. The Morgan fingerprint density at radius 2 is 0.833 bits per heavy atom. The zero-order valence-corrected chi connectivity index (χ0v) is 18.1. The molecule has 0 radical (unpaired) electrons. The molecular weight excluding hydrogens is 368 g/mol. The monoisotopic (exact) mass is 402 g/mol. The number of hydrogen-bond donors (Lipinski definition) is 0. The average molecular weight is 403 g/mol. The van der Waals surface area contributed by atoms with E-state index < -0.39 is 10.8 Å². The van der Waals surface area contributed by atoms with Crippen molar-refractivity contribution >= 4 is 11.6 Å². The Morgan fingerprint density at radius 1 is 0.467 bits per heavy atom. The van der Waals surface area contributed by atoms with Crippen molar-refractivity contribution in [2.75, 3.05) is 0 Å². The highest BCUT2D eigenvalue weighted by atomic mass is 16.1. The summed E-state index contributed by atoms with van der Waals surface area (Å²) in [6.07, 6.45) is 11.1. The molecule has 0 amide bonds. The lowest BCUT2D eigenvalue weighted by atomic mass is 9.48. The molecule has 2 aromatic rings. The molecule has 2 aromatic carbocycles. The van der Waals surface area contributed by atoms with Gasteiger partial charge in [0.25, 0.3) is 0 Å². The minimum Gasteiger partial charge on any atom is -0.299 e. The number of ketones is 2. The molecule has 158 valence electrons. The van der Waals surface area contributed by atoms with Crippen LogP contribution in [0.25, 0.3) is 0 Å². The summed E-state index contributed by atoms with van der Waals surface area (Å²) in [4.78, 5) is 28.3. The van der Waals surface area contributed by atoms with Crippen LogP contribution in [0.5, 0.6) is 0 Å². The predicted octanol–water partition coefficient (Wildman–Crippen LogP) is 6.71. The number of Topliss-reactive ketones (excluding diaryl/α,β-unsaturated/α-hetero) is 2. The largest absolute Gasteiger partial charge is 0.299 e. The van der Waals surface area contributed by atoms with Gasteiger partial charge in [-0.2, -0.15) is 0 Å². The smallest absolute Gasteiger partial charge is 0.144 e. The zero-order valence-electron chi connectivity index (χ0n) is 18.1. The van der Waals surface area contributed by atoms with Crippen LogP contribution in [0.15, 0.2) is 60.7 Å². The fraction of sp³-hybridized carbons (Fsp3) is 0.500. The molecule has 4 rings (SSSR count). The highest BCUT2D eigenvalue weighted by molar-refractivity contribution is 6.03. The van der Waals surface area contributed by atoms with Crippen LogP contribution in [-0.2, 0) is 20.4 Å². The van der Waals surface area contributed by atoms with Gasteiger partial charge in [-0.25, -0.2) is 0 Å². The summed E-state index contributed by atoms with van der Waals surface area (Å²) < 4.78 is 0. The van der Waals surface area contributed by atoms with E-state index in [1.54, 1.807) is 0 Å². The first-order valence-corrected chi connectivity index (χ1v) is 11.9. The van der Waals surface area contributed by atoms with Crippen molar-refractivity contribution in [3.05, 3.63) is 71.8 Å². The first kappa shape index (κ1) is 21.0. The number of benzene rings is 2. The summed E-state index contributed by atoms with van der Waals surface area (Å²) in [7, 11) is 0. The molecule has 0 heterocycles. The third-order valence-corrected chi connectivity index (χ3v) is 7.62. The summed E-state index contributed by atoms with van der Waals surface area (Å²) in [5, 5.41) is 0. The molecule has 0 N–H and O–H groups in total. The molecule has 0 aliphatic heterocycles. The van der Waals surface area contributed by atoms with Gasteiger partial charge in [-0.3, -0.25) is 9.59 Å². The van der Waals surface area contributed by atoms with E-state index >= 15 is 0 Å². The second kappa shape index (κ2) is 9.29. The Bertz CT molecular complexity index is 783. The number of rotatable bonds is 3. The van der Waals surface area contributed by atoms with Gasteiger partial charge >= 0.3 is 0 Å². The van der Waals surface area contributed by atoms with E-state index in [-0.39, 0.29) is 11.6 Å². The van der Waals surface area contributed by atoms with Gasteiger partial charge in [0.1, 0.15) is 11.6 Å². The van der Waals surface area contributed by atoms with Crippen molar-refractivity contribution < 1.29 is 9.59 Å². The Balaban J connectivity index is 2.02. The third-order valence-electron chi connectivity index (χ3n) is 7.62. The Labute approximate surface area is 181 Å². The van der Waals surface area contributed by atoms with Gasteiger partial charge in [0, 0.05) is 12.8 Å². The van der Waals surface area contributed by atoms with E-state index in [0.717, 1.165) is 75.3 Å². The van der Waals surface area contributed by atoms with E-state index in [1.165, 1.54) is 0 Å². The lowest BCUT2D eigenvalue weighted by Gasteiger charge is -2.51. The summed E-state index contributed by atoms with van der Waals surface area (Å²) in [5.74, 6) is 0.567. The summed E-state index contributed by atoms with van der Waals surface area (Å²) in [5.41, 5.74) is 0.582. The highest BCUT2D eigenvalue weighted by Crippen LogP contribution is 2.54. The molecule has 2 fully saturated rings. The van der Waals surface area contributed by atoms with Gasteiger partial charge in [0.05, 0.1) is 10.8 Å². The van der Waals surface area contributed by atoms with Crippen LogP contribution >= 0.6 is 0 Å². The first-order valence-electron chi connectivity index (χ1n) is 11.9. The Kier molecular flexibility index (Phi) is 6.51. The fourth-order valence-corrected chi connectivity index (χ4v) is 6.22. The molecule has 2 nitrogen and oxygen atoms in total.